The van der Waals surface area contributed by atoms with Gasteiger partial charge in [0, 0.05) is 24.7 Å². The van der Waals surface area contributed by atoms with Gasteiger partial charge in [-0.3, -0.25) is 9.59 Å². The molecule has 5 heteroatoms. The van der Waals surface area contributed by atoms with E-state index < -0.39 is 11.9 Å². The van der Waals surface area contributed by atoms with E-state index in [1.165, 1.54) is 17.0 Å². The van der Waals surface area contributed by atoms with Gasteiger partial charge in [-0.25, -0.2) is 4.39 Å². The van der Waals surface area contributed by atoms with Crippen molar-refractivity contribution in [1.29, 1.82) is 0 Å². The van der Waals surface area contributed by atoms with Crippen molar-refractivity contribution in [3.63, 3.8) is 0 Å². The summed E-state index contributed by atoms with van der Waals surface area (Å²) in [5.41, 5.74) is 0.924. The van der Waals surface area contributed by atoms with Crippen LogP contribution in [0.25, 0.3) is 5.57 Å². The van der Waals surface area contributed by atoms with Crippen molar-refractivity contribution in [3.8, 4) is 0 Å². The number of aliphatic carboxylic acids is 1. The molecule has 1 heterocycles. The summed E-state index contributed by atoms with van der Waals surface area (Å²) >= 11 is 0. The van der Waals surface area contributed by atoms with E-state index in [4.69, 9.17) is 5.11 Å². The van der Waals surface area contributed by atoms with Gasteiger partial charge in [-0.05, 0) is 31.4 Å². The van der Waals surface area contributed by atoms with Crippen molar-refractivity contribution in [2.75, 3.05) is 13.1 Å². The summed E-state index contributed by atoms with van der Waals surface area (Å²) in [6, 6.07) is 6.26. The summed E-state index contributed by atoms with van der Waals surface area (Å²) in [7, 11) is 0. The van der Waals surface area contributed by atoms with Crippen LogP contribution in [-0.2, 0) is 9.59 Å². The maximum absolute atomic E-state index is 13.7. The van der Waals surface area contributed by atoms with E-state index in [9.17, 15) is 14.0 Å². The minimum Gasteiger partial charge on any atom is -0.481 e. The Bertz CT molecular complexity index is 583. The molecule has 0 spiro atoms. The number of halogens is 1. The first-order valence-corrected chi connectivity index (χ1v) is 6.94. The lowest BCUT2D eigenvalue weighted by Gasteiger charge is -2.30. The molecule has 1 amide bonds. The lowest BCUT2D eigenvalue weighted by atomic mass is 9.98. The first-order chi connectivity index (χ1) is 9.99. The summed E-state index contributed by atoms with van der Waals surface area (Å²) in [6.45, 7) is 2.44. The van der Waals surface area contributed by atoms with Gasteiger partial charge in [0.05, 0.1) is 5.92 Å². The maximum atomic E-state index is 13.7. The van der Waals surface area contributed by atoms with Gasteiger partial charge in [0.25, 0.3) is 0 Å². The van der Waals surface area contributed by atoms with Crippen molar-refractivity contribution < 1.29 is 19.1 Å². The average Bonchev–Trinajstić information content (AvgIpc) is 2.47. The number of allylic oxidation sites excluding steroid dienone is 1. The zero-order chi connectivity index (χ0) is 15.4. The summed E-state index contributed by atoms with van der Waals surface area (Å²) in [5, 5.41) is 9.03. The van der Waals surface area contributed by atoms with Crippen molar-refractivity contribution in [2.45, 2.75) is 19.8 Å². The molecule has 1 fully saturated rings. The SMILES string of the molecule is C/C(=C/C(=O)N1CCCC(C(=O)O)C1)c1ccccc1F. The van der Waals surface area contributed by atoms with Crippen LogP contribution >= 0.6 is 0 Å². The number of carbonyl (C=O) groups is 2. The van der Waals surface area contributed by atoms with Crippen LogP contribution in [0.15, 0.2) is 30.3 Å². The van der Waals surface area contributed by atoms with E-state index in [1.807, 2.05) is 0 Å². The fraction of sp³-hybridized carbons (Fsp3) is 0.375. The standard InChI is InChI=1S/C16H18FNO3/c1-11(13-6-2-3-7-14(13)17)9-15(19)18-8-4-5-12(10-18)16(20)21/h2-3,6-7,9,12H,4-5,8,10H2,1H3,(H,20,21)/b11-9-. The number of benzene rings is 1. The van der Waals surface area contributed by atoms with Crippen LogP contribution in [0, 0.1) is 11.7 Å². The Morgan fingerprint density at radius 2 is 2.10 bits per heavy atom. The molecule has 21 heavy (non-hydrogen) atoms. The highest BCUT2D eigenvalue weighted by atomic mass is 19.1. The van der Waals surface area contributed by atoms with Crippen molar-refractivity contribution in [3.05, 3.63) is 41.7 Å². The third-order valence-corrected chi connectivity index (χ3v) is 3.72. The topological polar surface area (TPSA) is 57.6 Å². The molecule has 2 rings (SSSR count). The highest BCUT2D eigenvalue weighted by molar-refractivity contribution is 5.95. The van der Waals surface area contributed by atoms with Crippen LogP contribution in [0.1, 0.15) is 25.3 Å². The van der Waals surface area contributed by atoms with Crippen molar-refractivity contribution in [2.24, 2.45) is 5.92 Å². The Labute approximate surface area is 122 Å². The monoisotopic (exact) mass is 291 g/mol. The van der Waals surface area contributed by atoms with Gasteiger partial charge in [0.2, 0.25) is 5.91 Å². The predicted molar refractivity (Wildman–Crippen MR) is 77.0 cm³/mol. The molecule has 0 aliphatic carbocycles. The third-order valence-electron chi connectivity index (χ3n) is 3.72. The normalized spacial score (nSPS) is 19.4. The molecule has 4 nitrogen and oxygen atoms in total. The third kappa shape index (κ3) is 3.68. The molecule has 1 saturated heterocycles. The van der Waals surface area contributed by atoms with E-state index in [0.29, 0.717) is 30.5 Å². The molecule has 0 saturated carbocycles. The van der Waals surface area contributed by atoms with E-state index >= 15 is 0 Å². The molecule has 0 bridgehead atoms. The Kier molecular flexibility index (Phi) is 4.73. The number of amides is 1. The van der Waals surface area contributed by atoms with E-state index in [1.54, 1.807) is 25.1 Å². The molecule has 1 aromatic rings. The highest BCUT2D eigenvalue weighted by Gasteiger charge is 2.27. The molecule has 1 aliphatic heterocycles. The number of rotatable bonds is 3. The summed E-state index contributed by atoms with van der Waals surface area (Å²) < 4.78 is 13.7. The number of carboxylic acid groups (broad SMARTS) is 1. The second-order valence-electron chi connectivity index (χ2n) is 5.27. The van der Waals surface area contributed by atoms with Gasteiger partial charge in [-0.15, -0.1) is 0 Å². The van der Waals surface area contributed by atoms with Gasteiger partial charge in [0.15, 0.2) is 0 Å². The van der Waals surface area contributed by atoms with Gasteiger partial charge in [-0.2, -0.15) is 0 Å². The molecular formula is C16H18FNO3. The lowest BCUT2D eigenvalue weighted by Crippen LogP contribution is -2.41. The minimum atomic E-state index is -0.873. The zero-order valence-corrected chi connectivity index (χ0v) is 11.9. The molecule has 1 N–H and O–H groups in total. The van der Waals surface area contributed by atoms with Gasteiger partial charge < -0.3 is 10.0 Å². The fourth-order valence-corrected chi connectivity index (χ4v) is 2.51. The molecule has 0 aromatic heterocycles. The smallest absolute Gasteiger partial charge is 0.308 e. The van der Waals surface area contributed by atoms with Gasteiger partial charge in [0.1, 0.15) is 5.82 Å². The molecule has 1 atom stereocenters. The molecule has 112 valence electrons. The van der Waals surface area contributed by atoms with Crippen LogP contribution in [-0.4, -0.2) is 35.0 Å². The van der Waals surface area contributed by atoms with Gasteiger partial charge in [-0.1, -0.05) is 18.2 Å². The van der Waals surface area contributed by atoms with Crippen LogP contribution in [0.3, 0.4) is 0 Å². The summed E-state index contributed by atoms with van der Waals surface area (Å²) in [6.07, 6.45) is 2.65. The largest absolute Gasteiger partial charge is 0.481 e. The lowest BCUT2D eigenvalue weighted by molar-refractivity contribution is -0.144. The predicted octanol–water partition coefficient (Wildman–Crippen LogP) is 2.55. The minimum absolute atomic E-state index is 0.217. The Morgan fingerprint density at radius 3 is 2.76 bits per heavy atom. The van der Waals surface area contributed by atoms with E-state index in [0.717, 1.165) is 0 Å². The zero-order valence-electron chi connectivity index (χ0n) is 11.9. The molecule has 1 aliphatic rings. The second kappa shape index (κ2) is 6.52. The number of likely N-dealkylation sites (tertiary alicyclic amines) is 1. The van der Waals surface area contributed by atoms with Crippen LogP contribution in [0.2, 0.25) is 0 Å². The van der Waals surface area contributed by atoms with Crippen LogP contribution < -0.4 is 0 Å². The number of hydrogen-bond acceptors (Lipinski definition) is 2. The number of hydrogen-bond donors (Lipinski definition) is 1. The summed E-state index contributed by atoms with van der Waals surface area (Å²) in [5.74, 6) is -2.02. The first-order valence-electron chi connectivity index (χ1n) is 6.94. The summed E-state index contributed by atoms with van der Waals surface area (Å²) in [4.78, 5) is 24.7. The molecule has 1 aromatic carbocycles. The first kappa shape index (κ1) is 15.2. The number of carboxylic acids is 1. The Balaban J connectivity index is 2.11. The van der Waals surface area contributed by atoms with Crippen LogP contribution in [0.5, 0.6) is 0 Å². The molecule has 0 radical (unpaired) electrons. The molecular weight excluding hydrogens is 273 g/mol. The van der Waals surface area contributed by atoms with Crippen molar-refractivity contribution in [1.82, 2.24) is 4.90 Å². The Hall–Kier alpha value is -2.17. The quantitative estimate of drug-likeness (QED) is 0.871. The number of nitrogens with zero attached hydrogens (tertiary/aromatic N) is 1. The maximum Gasteiger partial charge on any atom is 0.308 e. The van der Waals surface area contributed by atoms with Crippen LogP contribution in [0.4, 0.5) is 4.39 Å². The second-order valence-corrected chi connectivity index (χ2v) is 5.27. The van der Waals surface area contributed by atoms with E-state index in [-0.39, 0.29) is 18.3 Å². The van der Waals surface area contributed by atoms with E-state index in [2.05, 4.69) is 0 Å². The number of carbonyl (C=O) groups excluding carboxylic acids is 1. The van der Waals surface area contributed by atoms with Gasteiger partial charge >= 0.3 is 5.97 Å². The number of piperidine rings is 1. The molecule has 1 unspecified atom stereocenters. The Morgan fingerprint density at radius 1 is 1.38 bits per heavy atom. The highest BCUT2D eigenvalue weighted by Crippen LogP contribution is 2.20. The fourth-order valence-electron chi connectivity index (χ4n) is 2.51. The average molecular weight is 291 g/mol. The van der Waals surface area contributed by atoms with Crippen molar-refractivity contribution >= 4 is 17.4 Å².